The molecule has 21 heavy (non-hydrogen) atoms. The van der Waals surface area contributed by atoms with Crippen molar-refractivity contribution in [3.8, 4) is 0 Å². The van der Waals surface area contributed by atoms with Crippen molar-refractivity contribution in [3.63, 3.8) is 0 Å². The molecule has 1 amide bonds. The zero-order chi connectivity index (χ0) is 15.7. The predicted octanol–water partition coefficient (Wildman–Crippen LogP) is 2.16. The highest BCUT2D eigenvalue weighted by Gasteiger charge is 2.17. The van der Waals surface area contributed by atoms with Crippen molar-refractivity contribution in [1.29, 1.82) is 0 Å². The van der Waals surface area contributed by atoms with Crippen molar-refractivity contribution < 1.29 is 14.7 Å². The number of rotatable bonds is 10. The second-order valence-corrected chi connectivity index (χ2v) is 6.44. The highest BCUT2D eigenvalue weighted by Crippen LogP contribution is 2.20. The zero-order valence-corrected chi connectivity index (χ0v) is 13.4. The number of aliphatic carboxylic acids is 1. The summed E-state index contributed by atoms with van der Waals surface area (Å²) in [5.74, 6) is 0.0927. The molecule has 1 unspecified atom stereocenters. The number of hydrogen-bond acceptors (Lipinski definition) is 3. The molecule has 0 radical (unpaired) electrons. The summed E-state index contributed by atoms with van der Waals surface area (Å²) in [7, 11) is 0. The third-order valence-corrected chi connectivity index (χ3v) is 4.42. The van der Waals surface area contributed by atoms with Crippen LogP contribution in [0.4, 0.5) is 0 Å². The summed E-state index contributed by atoms with van der Waals surface area (Å²) in [5.41, 5.74) is 0. The van der Waals surface area contributed by atoms with Gasteiger partial charge in [0.1, 0.15) is 0 Å². The van der Waals surface area contributed by atoms with Gasteiger partial charge < -0.3 is 15.7 Å². The van der Waals surface area contributed by atoms with Gasteiger partial charge in [-0.3, -0.25) is 9.59 Å². The molecule has 1 rings (SSSR count). The van der Waals surface area contributed by atoms with Gasteiger partial charge in [-0.05, 0) is 37.5 Å². The molecule has 5 nitrogen and oxygen atoms in total. The Balaban J connectivity index is 2.13. The van der Waals surface area contributed by atoms with E-state index in [1.807, 2.05) is 0 Å². The van der Waals surface area contributed by atoms with E-state index in [4.69, 9.17) is 5.11 Å². The summed E-state index contributed by atoms with van der Waals surface area (Å²) in [6.45, 7) is 5.24. The van der Waals surface area contributed by atoms with Gasteiger partial charge in [0.25, 0.3) is 0 Å². The van der Waals surface area contributed by atoms with Crippen LogP contribution in [0.5, 0.6) is 0 Å². The van der Waals surface area contributed by atoms with Crippen molar-refractivity contribution >= 4 is 11.9 Å². The first-order valence-electron chi connectivity index (χ1n) is 8.21. The Hall–Kier alpha value is -1.10. The molecule has 0 heterocycles. The number of carboxylic acid groups (broad SMARTS) is 1. The van der Waals surface area contributed by atoms with Crippen LogP contribution in [-0.4, -0.2) is 36.1 Å². The summed E-state index contributed by atoms with van der Waals surface area (Å²) in [4.78, 5) is 22.4. The van der Waals surface area contributed by atoms with Crippen LogP contribution >= 0.6 is 0 Å². The van der Waals surface area contributed by atoms with E-state index in [1.165, 1.54) is 25.7 Å². The van der Waals surface area contributed by atoms with Crippen LogP contribution < -0.4 is 10.6 Å². The Morgan fingerprint density at radius 1 is 1.19 bits per heavy atom. The monoisotopic (exact) mass is 298 g/mol. The van der Waals surface area contributed by atoms with E-state index in [9.17, 15) is 9.59 Å². The molecule has 1 atom stereocenters. The molecule has 3 N–H and O–H groups in total. The summed E-state index contributed by atoms with van der Waals surface area (Å²) in [6, 6.07) is 0.509. The van der Waals surface area contributed by atoms with Gasteiger partial charge in [0, 0.05) is 19.0 Å². The first kappa shape index (κ1) is 18.0. The van der Waals surface area contributed by atoms with Crippen molar-refractivity contribution in [2.75, 3.05) is 13.1 Å². The van der Waals surface area contributed by atoms with Crippen LogP contribution in [0, 0.1) is 11.8 Å². The van der Waals surface area contributed by atoms with Crippen LogP contribution in [0.15, 0.2) is 0 Å². The maximum absolute atomic E-state index is 11.7. The second-order valence-electron chi connectivity index (χ2n) is 6.44. The van der Waals surface area contributed by atoms with Crippen LogP contribution in [0.25, 0.3) is 0 Å². The van der Waals surface area contributed by atoms with E-state index in [-0.39, 0.29) is 12.3 Å². The van der Waals surface area contributed by atoms with E-state index < -0.39 is 5.97 Å². The minimum absolute atomic E-state index is 0.0441. The van der Waals surface area contributed by atoms with Gasteiger partial charge in [0.2, 0.25) is 5.91 Å². The average molecular weight is 298 g/mol. The number of nitrogens with one attached hydrogen (secondary N) is 2. The van der Waals surface area contributed by atoms with E-state index in [1.54, 1.807) is 0 Å². The second kappa shape index (κ2) is 9.77. The Morgan fingerprint density at radius 3 is 2.43 bits per heavy atom. The van der Waals surface area contributed by atoms with Gasteiger partial charge in [-0.25, -0.2) is 0 Å². The van der Waals surface area contributed by atoms with Gasteiger partial charge in [-0.15, -0.1) is 0 Å². The minimum atomic E-state index is -0.745. The number of carbonyl (C=O) groups excluding carboxylic acids is 1. The van der Waals surface area contributed by atoms with Crippen LogP contribution in [-0.2, 0) is 9.59 Å². The minimum Gasteiger partial charge on any atom is -0.481 e. The highest BCUT2D eigenvalue weighted by molar-refractivity contribution is 5.77. The summed E-state index contributed by atoms with van der Waals surface area (Å²) >= 11 is 0. The molecule has 0 aliphatic heterocycles. The quantitative estimate of drug-likeness (QED) is 0.577. The van der Waals surface area contributed by atoms with Gasteiger partial charge in [-0.1, -0.05) is 26.7 Å². The van der Waals surface area contributed by atoms with E-state index >= 15 is 0 Å². The lowest BCUT2D eigenvalue weighted by molar-refractivity contribution is -0.137. The molecule has 1 aliphatic carbocycles. The lowest BCUT2D eigenvalue weighted by atomic mass is 9.88. The van der Waals surface area contributed by atoms with Crippen molar-refractivity contribution in [1.82, 2.24) is 10.6 Å². The van der Waals surface area contributed by atoms with E-state index in [0.717, 1.165) is 6.42 Å². The molecule has 0 aromatic rings. The number of carboxylic acids is 1. The smallest absolute Gasteiger partial charge is 0.303 e. The number of amides is 1. The van der Waals surface area contributed by atoms with Crippen LogP contribution in [0.1, 0.15) is 58.8 Å². The largest absolute Gasteiger partial charge is 0.481 e. The molecule has 0 bridgehead atoms. The molecule has 1 saturated carbocycles. The fourth-order valence-corrected chi connectivity index (χ4v) is 2.95. The van der Waals surface area contributed by atoms with Crippen LogP contribution in [0.3, 0.4) is 0 Å². The average Bonchev–Trinajstić information content (AvgIpc) is 2.92. The van der Waals surface area contributed by atoms with Crippen molar-refractivity contribution in [2.24, 2.45) is 11.8 Å². The third kappa shape index (κ3) is 8.05. The molecular formula is C16H30N2O3. The van der Waals surface area contributed by atoms with Crippen molar-refractivity contribution in [2.45, 2.75) is 64.8 Å². The van der Waals surface area contributed by atoms with Crippen molar-refractivity contribution in [3.05, 3.63) is 0 Å². The fraction of sp³-hybridized carbons (Fsp3) is 0.875. The molecule has 0 aromatic heterocycles. The summed E-state index contributed by atoms with van der Waals surface area (Å²) < 4.78 is 0. The van der Waals surface area contributed by atoms with Gasteiger partial charge in [-0.2, -0.15) is 0 Å². The van der Waals surface area contributed by atoms with Gasteiger partial charge in [0.15, 0.2) is 0 Å². The fourth-order valence-electron chi connectivity index (χ4n) is 2.95. The third-order valence-electron chi connectivity index (χ3n) is 4.42. The Bertz CT molecular complexity index is 325. The first-order chi connectivity index (χ1) is 9.99. The summed E-state index contributed by atoms with van der Waals surface area (Å²) in [5, 5.41) is 15.0. The Kier molecular flexibility index (Phi) is 8.35. The molecule has 0 aromatic carbocycles. The maximum Gasteiger partial charge on any atom is 0.303 e. The molecule has 0 saturated heterocycles. The Morgan fingerprint density at radius 2 is 1.86 bits per heavy atom. The highest BCUT2D eigenvalue weighted by atomic mass is 16.4. The number of carbonyl (C=O) groups is 2. The van der Waals surface area contributed by atoms with E-state index in [2.05, 4.69) is 24.5 Å². The summed E-state index contributed by atoms with van der Waals surface area (Å²) in [6.07, 6.45) is 6.62. The first-order valence-corrected chi connectivity index (χ1v) is 8.21. The predicted molar refractivity (Wildman–Crippen MR) is 83.1 cm³/mol. The topological polar surface area (TPSA) is 78.4 Å². The molecule has 5 heteroatoms. The zero-order valence-electron chi connectivity index (χ0n) is 13.4. The Labute approximate surface area is 127 Å². The molecule has 1 fully saturated rings. The molecule has 1 aliphatic rings. The van der Waals surface area contributed by atoms with E-state index in [0.29, 0.717) is 37.4 Å². The SMILES string of the molecule is CC(C)C(CCNC(=O)CNC1CCCC1)CCC(=O)O. The maximum atomic E-state index is 11.7. The standard InChI is InChI=1S/C16H30N2O3/c1-12(2)13(7-8-16(20)21)9-10-17-15(19)11-18-14-5-3-4-6-14/h12-14,18H,3-11H2,1-2H3,(H,17,19)(H,20,21). The molecule has 122 valence electrons. The van der Waals surface area contributed by atoms with Gasteiger partial charge in [0.05, 0.1) is 6.54 Å². The molecule has 0 spiro atoms. The normalized spacial score (nSPS) is 17.1. The van der Waals surface area contributed by atoms with Crippen LogP contribution in [0.2, 0.25) is 0 Å². The van der Waals surface area contributed by atoms with Gasteiger partial charge >= 0.3 is 5.97 Å². The molecular weight excluding hydrogens is 268 g/mol. The lowest BCUT2D eigenvalue weighted by Crippen LogP contribution is -2.38. The lowest BCUT2D eigenvalue weighted by Gasteiger charge is -2.20. The number of hydrogen-bond donors (Lipinski definition) is 3.